The van der Waals surface area contributed by atoms with E-state index in [1.165, 1.54) is 12.1 Å². The predicted octanol–water partition coefficient (Wildman–Crippen LogP) is 5.19. The molecule has 0 spiro atoms. The van der Waals surface area contributed by atoms with Gasteiger partial charge in [-0.1, -0.05) is 35.9 Å². The zero-order valence-corrected chi connectivity index (χ0v) is 20.0. The molecule has 1 aliphatic rings. The number of nitrogens with one attached hydrogen (secondary N) is 2. The lowest BCUT2D eigenvalue weighted by Crippen LogP contribution is -2.34. The summed E-state index contributed by atoms with van der Waals surface area (Å²) in [4.78, 5) is 17.5. The number of carbonyl (C=O) groups excluding carboxylic acids is 1. The number of aromatic nitrogens is 3. The first-order chi connectivity index (χ1) is 17.7. The molecule has 10 heteroatoms. The molecule has 2 aromatic heterocycles. The van der Waals surface area contributed by atoms with Gasteiger partial charge < -0.3 is 10.6 Å². The SMILES string of the molecule is Cn1cc(-c2ccc(NC(=O)C(NCCC3=CCC(C#N)C=C3)c3ccc(C(F)(F)F)cc3)nc2)cn1. The summed E-state index contributed by atoms with van der Waals surface area (Å²) in [5.41, 5.74) is 2.35. The molecule has 2 N–H and O–H groups in total. The summed E-state index contributed by atoms with van der Waals surface area (Å²) in [5, 5.41) is 19.0. The number of benzene rings is 1. The number of hydrogen-bond donors (Lipinski definition) is 2. The quantitative estimate of drug-likeness (QED) is 0.439. The van der Waals surface area contributed by atoms with Gasteiger partial charge in [-0.15, -0.1) is 0 Å². The first-order valence-corrected chi connectivity index (χ1v) is 11.7. The van der Waals surface area contributed by atoms with Crippen molar-refractivity contribution in [2.24, 2.45) is 13.0 Å². The number of halogens is 3. The third-order valence-electron chi connectivity index (χ3n) is 5.99. The van der Waals surface area contributed by atoms with Gasteiger partial charge in [0.2, 0.25) is 5.91 Å². The highest BCUT2D eigenvalue weighted by Gasteiger charge is 2.31. The van der Waals surface area contributed by atoms with Crippen molar-refractivity contribution in [2.45, 2.75) is 25.1 Å². The monoisotopic (exact) mass is 506 g/mol. The first-order valence-electron chi connectivity index (χ1n) is 11.7. The first kappa shape index (κ1) is 25.9. The van der Waals surface area contributed by atoms with E-state index in [9.17, 15) is 18.0 Å². The van der Waals surface area contributed by atoms with Crippen LogP contribution < -0.4 is 10.6 Å². The summed E-state index contributed by atoms with van der Waals surface area (Å²) in [5.74, 6) is -0.268. The Kier molecular flexibility index (Phi) is 7.84. The molecule has 0 radical (unpaired) electrons. The number of allylic oxidation sites excluding steroid dienone is 3. The highest BCUT2D eigenvalue weighted by molar-refractivity contribution is 5.95. The Hall–Kier alpha value is -4.23. The standard InChI is InChI=1S/C27H25F3N6O/c1-36-17-22(16-34-36)21-8-11-24(33-15-21)35-26(37)25(20-6-9-23(10-7-20)27(28,29)30)32-13-12-18-2-4-19(14-31)5-3-18/h2-4,6-11,15-17,19,25,32H,5,12-13H2,1H3,(H,33,35,37). The van der Waals surface area contributed by atoms with E-state index in [1.54, 1.807) is 29.2 Å². The molecule has 3 aromatic rings. The van der Waals surface area contributed by atoms with Crippen LogP contribution in [0, 0.1) is 17.2 Å². The van der Waals surface area contributed by atoms with Crippen LogP contribution in [0.25, 0.3) is 11.1 Å². The lowest BCUT2D eigenvalue weighted by atomic mass is 9.96. The Morgan fingerprint density at radius 3 is 2.54 bits per heavy atom. The molecule has 0 saturated carbocycles. The molecule has 0 aliphatic heterocycles. The van der Waals surface area contributed by atoms with Gasteiger partial charge in [0.05, 0.1) is 23.7 Å². The fraction of sp³-hybridized carbons (Fsp3) is 0.259. The fourth-order valence-corrected chi connectivity index (χ4v) is 3.94. The number of carbonyl (C=O) groups is 1. The van der Waals surface area contributed by atoms with Gasteiger partial charge in [0.25, 0.3) is 0 Å². The van der Waals surface area contributed by atoms with Gasteiger partial charge >= 0.3 is 6.18 Å². The van der Waals surface area contributed by atoms with E-state index in [2.05, 4.69) is 26.8 Å². The van der Waals surface area contributed by atoms with Crippen molar-refractivity contribution in [3.8, 4) is 17.2 Å². The molecule has 4 rings (SSSR count). The maximum absolute atomic E-state index is 13.2. The zero-order valence-electron chi connectivity index (χ0n) is 20.0. The molecule has 1 amide bonds. The van der Waals surface area contributed by atoms with E-state index in [0.29, 0.717) is 30.8 Å². The van der Waals surface area contributed by atoms with Crippen molar-refractivity contribution in [1.82, 2.24) is 20.1 Å². The second-order valence-corrected chi connectivity index (χ2v) is 8.69. The van der Waals surface area contributed by atoms with E-state index in [1.807, 2.05) is 31.5 Å². The Morgan fingerprint density at radius 1 is 1.19 bits per heavy atom. The summed E-state index contributed by atoms with van der Waals surface area (Å²) < 4.78 is 40.8. The average molecular weight is 507 g/mol. The molecule has 0 saturated heterocycles. The van der Waals surface area contributed by atoms with Crippen LogP contribution in [0.4, 0.5) is 19.0 Å². The topological polar surface area (TPSA) is 95.6 Å². The summed E-state index contributed by atoms with van der Waals surface area (Å²) >= 11 is 0. The number of aryl methyl sites for hydroxylation is 1. The molecule has 2 unspecified atom stereocenters. The number of amides is 1. The Bertz CT molecular complexity index is 1330. The lowest BCUT2D eigenvalue weighted by molar-refractivity contribution is -0.137. The van der Waals surface area contributed by atoms with Crippen LogP contribution in [0.3, 0.4) is 0 Å². The second-order valence-electron chi connectivity index (χ2n) is 8.69. The average Bonchev–Trinajstić information content (AvgIpc) is 3.33. The molecular weight excluding hydrogens is 481 g/mol. The van der Waals surface area contributed by atoms with Crippen LogP contribution in [0.5, 0.6) is 0 Å². The normalized spacial score (nSPS) is 16.1. The lowest BCUT2D eigenvalue weighted by Gasteiger charge is -2.20. The van der Waals surface area contributed by atoms with Crippen molar-refractivity contribution in [2.75, 3.05) is 11.9 Å². The Morgan fingerprint density at radius 2 is 1.97 bits per heavy atom. The van der Waals surface area contributed by atoms with Crippen molar-refractivity contribution in [1.29, 1.82) is 5.26 Å². The molecule has 0 bridgehead atoms. The van der Waals surface area contributed by atoms with Crippen molar-refractivity contribution in [3.63, 3.8) is 0 Å². The molecule has 2 atom stereocenters. The molecule has 37 heavy (non-hydrogen) atoms. The minimum atomic E-state index is -4.47. The summed E-state index contributed by atoms with van der Waals surface area (Å²) in [6.45, 7) is 0.403. The second kappa shape index (κ2) is 11.2. The summed E-state index contributed by atoms with van der Waals surface area (Å²) in [6.07, 6.45) is 7.64. The molecule has 0 fully saturated rings. The molecule has 2 heterocycles. The number of nitriles is 1. The van der Waals surface area contributed by atoms with Gasteiger partial charge in [-0.25, -0.2) is 4.98 Å². The summed E-state index contributed by atoms with van der Waals surface area (Å²) in [6, 6.07) is 9.29. The highest BCUT2D eigenvalue weighted by atomic mass is 19.4. The maximum atomic E-state index is 13.2. The minimum absolute atomic E-state index is 0.139. The van der Waals surface area contributed by atoms with Gasteiger partial charge in [0.15, 0.2) is 0 Å². The molecule has 190 valence electrons. The van der Waals surface area contributed by atoms with Crippen LogP contribution in [-0.2, 0) is 18.0 Å². The largest absolute Gasteiger partial charge is 0.416 e. The smallest absolute Gasteiger partial charge is 0.309 e. The van der Waals surface area contributed by atoms with Crippen molar-refractivity contribution < 1.29 is 18.0 Å². The van der Waals surface area contributed by atoms with E-state index < -0.39 is 23.7 Å². The minimum Gasteiger partial charge on any atom is -0.309 e. The van der Waals surface area contributed by atoms with Crippen LogP contribution in [0.2, 0.25) is 0 Å². The predicted molar refractivity (Wildman–Crippen MR) is 133 cm³/mol. The van der Waals surface area contributed by atoms with E-state index in [4.69, 9.17) is 5.26 Å². The van der Waals surface area contributed by atoms with Gasteiger partial charge in [0.1, 0.15) is 11.9 Å². The van der Waals surface area contributed by atoms with Gasteiger partial charge in [-0.2, -0.15) is 23.5 Å². The number of nitrogens with zero attached hydrogens (tertiary/aromatic N) is 4. The van der Waals surface area contributed by atoms with E-state index in [-0.39, 0.29) is 5.92 Å². The molecular formula is C27H25F3N6O. The van der Waals surface area contributed by atoms with Gasteiger partial charge in [-0.3, -0.25) is 9.48 Å². The molecule has 7 nitrogen and oxygen atoms in total. The van der Waals surface area contributed by atoms with Crippen molar-refractivity contribution >= 4 is 11.7 Å². The summed E-state index contributed by atoms with van der Waals surface area (Å²) in [7, 11) is 1.81. The van der Waals surface area contributed by atoms with E-state index in [0.717, 1.165) is 28.8 Å². The number of alkyl halides is 3. The third-order valence-corrected chi connectivity index (χ3v) is 5.99. The fourth-order valence-electron chi connectivity index (χ4n) is 3.94. The number of anilines is 1. The zero-order chi connectivity index (χ0) is 26.4. The molecule has 1 aliphatic carbocycles. The number of rotatable bonds is 8. The Balaban J connectivity index is 1.47. The Labute approximate surface area is 212 Å². The third kappa shape index (κ3) is 6.71. The van der Waals surface area contributed by atoms with Gasteiger partial charge in [0, 0.05) is 37.1 Å². The maximum Gasteiger partial charge on any atom is 0.416 e. The van der Waals surface area contributed by atoms with Gasteiger partial charge in [-0.05, 0) is 42.7 Å². The number of pyridine rings is 1. The van der Waals surface area contributed by atoms with Crippen molar-refractivity contribution in [3.05, 3.63) is 89.9 Å². The van der Waals surface area contributed by atoms with Crippen LogP contribution >= 0.6 is 0 Å². The van der Waals surface area contributed by atoms with Crippen LogP contribution in [0.1, 0.15) is 30.0 Å². The number of hydrogen-bond acceptors (Lipinski definition) is 5. The van der Waals surface area contributed by atoms with E-state index >= 15 is 0 Å². The van der Waals surface area contributed by atoms with Crippen LogP contribution in [0.15, 0.2) is 78.8 Å². The molecule has 1 aromatic carbocycles. The van der Waals surface area contributed by atoms with Crippen LogP contribution in [-0.4, -0.2) is 27.2 Å². The highest BCUT2D eigenvalue weighted by Crippen LogP contribution is 2.30.